The van der Waals surface area contributed by atoms with Crippen LogP contribution in [0.1, 0.15) is 12.1 Å². The van der Waals surface area contributed by atoms with Crippen LogP contribution in [0.25, 0.3) is 0 Å². The summed E-state index contributed by atoms with van der Waals surface area (Å²) in [6.07, 6.45) is 0.978. The van der Waals surface area contributed by atoms with Crippen molar-refractivity contribution in [3.05, 3.63) is 17.8 Å². The van der Waals surface area contributed by atoms with E-state index < -0.39 is 0 Å². The molecule has 0 amide bonds. The number of rotatable bonds is 6. The van der Waals surface area contributed by atoms with Gasteiger partial charge in [-0.3, -0.25) is 0 Å². The molecule has 0 atom stereocenters. The Balaban J connectivity index is 2.25. The molecule has 0 unspecified atom stereocenters. The van der Waals surface area contributed by atoms with Crippen molar-refractivity contribution < 1.29 is 4.74 Å². The average Bonchev–Trinajstić information content (AvgIpc) is 2.25. The lowest BCUT2D eigenvalue weighted by Gasteiger charge is -2.09. The molecular formula is C10H16ClN3O. The molecule has 0 aliphatic rings. The van der Waals surface area contributed by atoms with Gasteiger partial charge in [-0.2, -0.15) is 5.10 Å². The van der Waals surface area contributed by atoms with E-state index in [2.05, 4.69) is 15.1 Å². The van der Waals surface area contributed by atoms with Crippen LogP contribution in [0.3, 0.4) is 0 Å². The lowest BCUT2D eigenvalue weighted by Crippen LogP contribution is -2.15. The Morgan fingerprint density at radius 2 is 2.13 bits per heavy atom. The minimum Gasteiger partial charge on any atom is -0.477 e. The maximum Gasteiger partial charge on any atom is 0.233 e. The highest BCUT2D eigenvalue weighted by molar-refractivity contribution is 6.16. The lowest BCUT2D eigenvalue weighted by molar-refractivity contribution is 0.270. The van der Waals surface area contributed by atoms with Crippen LogP contribution in [0.15, 0.2) is 12.1 Å². The van der Waals surface area contributed by atoms with E-state index in [1.165, 1.54) is 0 Å². The summed E-state index contributed by atoms with van der Waals surface area (Å²) in [6.45, 7) is 1.67. The standard InChI is InChI=1S/C10H16ClN3O/c1-14(2)6-3-7-15-10-5-4-9(8-11)12-13-10/h4-5H,3,6-8H2,1-2H3. The molecule has 0 bridgehead atoms. The third-order valence-corrected chi connectivity index (χ3v) is 2.11. The highest BCUT2D eigenvalue weighted by Gasteiger charge is 1.98. The zero-order chi connectivity index (χ0) is 11.1. The summed E-state index contributed by atoms with van der Waals surface area (Å²) in [5.41, 5.74) is 0.761. The number of halogens is 1. The van der Waals surface area contributed by atoms with E-state index in [4.69, 9.17) is 16.3 Å². The third-order valence-electron chi connectivity index (χ3n) is 1.83. The molecule has 1 aromatic rings. The molecule has 0 aliphatic heterocycles. The Bertz CT molecular complexity index is 277. The van der Waals surface area contributed by atoms with E-state index in [0.717, 1.165) is 18.7 Å². The normalized spacial score (nSPS) is 10.7. The highest BCUT2D eigenvalue weighted by Crippen LogP contribution is 2.06. The van der Waals surface area contributed by atoms with Crippen molar-refractivity contribution in [2.75, 3.05) is 27.2 Å². The van der Waals surface area contributed by atoms with Crippen LogP contribution < -0.4 is 4.74 Å². The Kier molecular flexibility index (Phi) is 5.36. The molecule has 0 spiro atoms. The molecule has 0 saturated heterocycles. The van der Waals surface area contributed by atoms with Gasteiger partial charge in [-0.05, 0) is 26.6 Å². The number of ether oxygens (including phenoxy) is 1. The largest absolute Gasteiger partial charge is 0.477 e. The number of nitrogens with zero attached hydrogens (tertiary/aromatic N) is 3. The van der Waals surface area contributed by atoms with Crippen molar-refractivity contribution in [3.63, 3.8) is 0 Å². The van der Waals surface area contributed by atoms with Crippen molar-refractivity contribution in [2.24, 2.45) is 0 Å². The zero-order valence-electron chi connectivity index (χ0n) is 9.11. The molecule has 0 radical (unpaired) electrons. The first kappa shape index (κ1) is 12.2. The molecule has 0 N–H and O–H groups in total. The fourth-order valence-electron chi connectivity index (χ4n) is 1.05. The molecule has 0 saturated carbocycles. The molecule has 1 rings (SSSR count). The summed E-state index contributed by atoms with van der Waals surface area (Å²) in [5, 5.41) is 7.79. The van der Waals surface area contributed by atoms with E-state index in [9.17, 15) is 0 Å². The van der Waals surface area contributed by atoms with Crippen LogP contribution in [0.4, 0.5) is 0 Å². The SMILES string of the molecule is CN(C)CCCOc1ccc(CCl)nn1. The fraction of sp³-hybridized carbons (Fsp3) is 0.600. The summed E-state index contributed by atoms with van der Waals surface area (Å²) in [4.78, 5) is 2.12. The molecule has 84 valence electrons. The van der Waals surface area contributed by atoms with Gasteiger partial charge in [0.1, 0.15) is 0 Å². The second-order valence-electron chi connectivity index (χ2n) is 3.50. The van der Waals surface area contributed by atoms with E-state index in [1.54, 1.807) is 6.07 Å². The lowest BCUT2D eigenvalue weighted by atomic mass is 10.4. The summed E-state index contributed by atoms with van der Waals surface area (Å²) >= 11 is 5.59. The van der Waals surface area contributed by atoms with Gasteiger partial charge in [0.2, 0.25) is 5.88 Å². The predicted octanol–water partition coefficient (Wildman–Crippen LogP) is 1.55. The summed E-state index contributed by atoms with van der Waals surface area (Å²) in [6, 6.07) is 3.61. The minimum absolute atomic E-state index is 0.383. The summed E-state index contributed by atoms with van der Waals surface area (Å²) in [5.74, 6) is 0.941. The third kappa shape index (κ3) is 4.95. The first-order chi connectivity index (χ1) is 7.22. The number of alkyl halides is 1. The average molecular weight is 230 g/mol. The molecule has 5 heteroatoms. The van der Waals surface area contributed by atoms with Gasteiger partial charge in [0.05, 0.1) is 18.2 Å². The maximum absolute atomic E-state index is 5.59. The van der Waals surface area contributed by atoms with Crippen LogP contribution >= 0.6 is 11.6 Å². The second-order valence-corrected chi connectivity index (χ2v) is 3.77. The van der Waals surface area contributed by atoms with Crippen LogP contribution in [0.5, 0.6) is 5.88 Å². The van der Waals surface area contributed by atoms with Gasteiger partial charge in [-0.25, -0.2) is 0 Å². The number of aromatic nitrogens is 2. The van der Waals surface area contributed by atoms with Gasteiger partial charge in [0.25, 0.3) is 0 Å². The maximum atomic E-state index is 5.59. The van der Waals surface area contributed by atoms with Gasteiger partial charge in [0.15, 0.2) is 0 Å². The van der Waals surface area contributed by atoms with Crippen LogP contribution in [-0.4, -0.2) is 42.3 Å². The Morgan fingerprint density at radius 1 is 1.33 bits per heavy atom. The Hall–Kier alpha value is -0.870. The minimum atomic E-state index is 0.383. The first-order valence-electron chi connectivity index (χ1n) is 4.88. The molecule has 1 aromatic heterocycles. The molecule has 4 nitrogen and oxygen atoms in total. The highest BCUT2D eigenvalue weighted by atomic mass is 35.5. The Labute approximate surface area is 95.2 Å². The monoisotopic (exact) mass is 229 g/mol. The topological polar surface area (TPSA) is 38.2 Å². The van der Waals surface area contributed by atoms with Gasteiger partial charge in [-0.1, -0.05) is 0 Å². The smallest absolute Gasteiger partial charge is 0.233 e. The van der Waals surface area contributed by atoms with E-state index in [1.807, 2.05) is 20.2 Å². The molecule has 0 aliphatic carbocycles. The van der Waals surface area contributed by atoms with Crippen LogP contribution in [0.2, 0.25) is 0 Å². The van der Waals surface area contributed by atoms with Crippen molar-refractivity contribution in [3.8, 4) is 5.88 Å². The van der Waals surface area contributed by atoms with E-state index >= 15 is 0 Å². The van der Waals surface area contributed by atoms with E-state index in [-0.39, 0.29) is 0 Å². The summed E-state index contributed by atoms with van der Waals surface area (Å²) in [7, 11) is 4.07. The van der Waals surface area contributed by atoms with Crippen molar-refractivity contribution >= 4 is 11.6 Å². The predicted molar refractivity (Wildman–Crippen MR) is 60.3 cm³/mol. The zero-order valence-corrected chi connectivity index (χ0v) is 9.87. The van der Waals surface area contributed by atoms with Gasteiger partial charge >= 0.3 is 0 Å². The fourth-order valence-corrected chi connectivity index (χ4v) is 1.20. The number of hydrogen-bond acceptors (Lipinski definition) is 4. The van der Waals surface area contributed by atoms with E-state index in [0.29, 0.717) is 18.4 Å². The van der Waals surface area contributed by atoms with Crippen LogP contribution in [-0.2, 0) is 5.88 Å². The quantitative estimate of drug-likeness (QED) is 0.548. The van der Waals surface area contributed by atoms with Gasteiger partial charge < -0.3 is 9.64 Å². The number of hydrogen-bond donors (Lipinski definition) is 0. The van der Waals surface area contributed by atoms with Gasteiger partial charge in [0, 0.05) is 12.6 Å². The molecule has 0 fully saturated rings. The first-order valence-corrected chi connectivity index (χ1v) is 5.42. The molecule has 15 heavy (non-hydrogen) atoms. The van der Waals surface area contributed by atoms with Gasteiger partial charge in [-0.15, -0.1) is 16.7 Å². The molecular weight excluding hydrogens is 214 g/mol. The van der Waals surface area contributed by atoms with Crippen molar-refractivity contribution in [2.45, 2.75) is 12.3 Å². The second kappa shape index (κ2) is 6.58. The Morgan fingerprint density at radius 3 is 2.67 bits per heavy atom. The van der Waals surface area contributed by atoms with Crippen molar-refractivity contribution in [1.29, 1.82) is 0 Å². The van der Waals surface area contributed by atoms with Crippen LogP contribution in [0, 0.1) is 0 Å². The molecule has 1 heterocycles. The molecule has 0 aromatic carbocycles. The van der Waals surface area contributed by atoms with Crippen molar-refractivity contribution in [1.82, 2.24) is 15.1 Å². The summed E-state index contributed by atoms with van der Waals surface area (Å²) < 4.78 is 5.41.